The second-order valence-corrected chi connectivity index (χ2v) is 9.67. The number of carbonyl (C=O) groups is 1. The lowest BCUT2D eigenvalue weighted by Crippen LogP contribution is -2.15. The lowest BCUT2D eigenvalue weighted by Gasteiger charge is -2.20. The Bertz CT molecular complexity index is 1060. The first-order valence-electron chi connectivity index (χ1n) is 11.0. The van der Waals surface area contributed by atoms with Crippen molar-refractivity contribution in [1.82, 2.24) is 14.8 Å². The molecule has 1 heterocycles. The number of rotatable bonds is 9. The average Bonchev–Trinajstić information content (AvgIpc) is 3.14. The fourth-order valence-electron chi connectivity index (χ4n) is 3.22. The minimum Gasteiger partial charge on any atom is -0.494 e. The summed E-state index contributed by atoms with van der Waals surface area (Å²) >= 11 is 1.33. The van der Waals surface area contributed by atoms with Gasteiger partial charge >= 0.3 is 0 Å². The lowest BCUT2D eigenvalue weighted by molar-refractivity contribution is -0.113. The summed E-state index contributed by atoms with van der Waals surface area (Å²) in [6.45, 7) is 11.0. The molecule has 0 bridgehead atoms. The molecule has 0 aliphatic heterocycles. The Hall–Kier alpha value is -3.00. The molecule has 0 spiro atoms. The number of thioether (sulfide) groups is 1. The van der Waals surface area contributed by atoms with E-state index in [2.05, 4.69) is 48.4 Å². The Balaban J connectivity index is 1.54. The SMILES string of the molecule is CCOc1ccc(NC(=O)CSc2nnc(C(C)Oc3ccc(C(C)(C)C)cc3)n2C)cc1. The number of carbonyl (C=O) groups excluding carboxylic acids is 1. The number of nitrogens with zero attached hydrogens (tertiary/aromatic N) is 3. The highest BCUT2D eigenvalue weighted by Gasteiger charge is 2.19. The molecule has 0 aliphatic rings. The van der Waals surface area contributed by atoms with Crippen molar-refractivity contribution in [1.29, 1.82) is 0 Å². The van der Waals surface area contributed by atoms with E-state index in [0.29, 0.717) is 17.6 Å². The van der Waals surface area contributed by atoms with E-state index in [9.17, 15) is 4.79 Å². The first-order chi connectivity index (χ1) is 15.7. The molecule has 2 aromatic carbocycles. The molecule has 0 radical (unpaired) electrons. The molecule has 3 rings (SSSR count). The second-order valence-electron chi connectivity index (χ2n) is 8.73. The van der Waals surface area contributed by atoms with E-state index in [1.807, 2.05) is 61.9 Å². The van der Waals surface area contributed by atoms with E-state index in [1.165, 1.54) is 17.3 Å². The van der Waals surface area contributed by atoms with Gasteiger partial charge in [0, 0.05) is 12.7 Å². The van der Waals surface area contributed by atoms with Gasteiger partial charge in [0.1, 0.15) is 11.5 Å². The molecular formula is C25H32N4O3S. The summed E-state index contributed by atoms with van der Waals surface area (Å²) in [6, 6.07) is 15.4. The van der Waals surface area contributed by atoms with Crippen molar-refractivity contribution in [2.75, 3.05) is 17.7 Å². The van der Waals surface area contributed by atoms with Crippen molar-refractivity contribution in [3.63, 3.8) is 0 Å². The maximum absolute atomic E-state index is 12.3. The van der Waals surface area contributed by atoms with E-state index in [4.69, 9.17) is 9.47 Å². The summed E-state index contributed by atoms with van der Waals surface area (Å²) in [5, 5.41) is 12.1. The van der Waals surface area contributed by atoms with Crippen molar-refractivity contribution in [3.05, 3.63) is 59.9 Å². The number of nitrogens with one attached hydrogen (secondary N) is 1. The van der Waals surface area contributed by atoms with Gasteiger partial charge in [-0.3, -0.25) is 4.79 Å². The largest absolute Gasteiger partial charge is 0.494 e. The highest BCUT2D eigenvalue weighted by molar-refractivity contribution is 7.99. The molecule has 1 atom stereocenters. The molecule has 1 unspecified atom stereocenters. The number of amides is 1. The Morgan fingerprint density at radius 3 is 2.30 bits per heavy atom. The maximum atomic E-state index is 12.3. The maximum Gasteiger partial charge on any atom is 0.234 e. The van der Waals surface area contributed by atoms with Crippen molar-refractivity contribution in [3.8, 4) is 11.5 Å². The molecule has 0 saturated carbocycles. The molecule has 3 aromatic rings. The third-order valence-electron chi connectivity index (χ3n) is 5.05. The van der Waals surface area contributed by atoms with Crippen LogP contribution in [-0.4, -0.2) is 33.0 Å². The Labute approximate surface area is 199 Å². The molecule has 0 aliphatic carbocycles. The van der Waals surface area contributed by atoms with Gasteiger partial charge in [-0.25, -0.2) is 0 Å². The number of benzene rings is 2. The Kier molecular flexibility index (Phi) is 8.02. The van der Waals surface area contributed by atoms with Gasteiger partial charge in [-0.1, -0.05) is 44.7 Å². The van der Waals surface area contributed by atoms with Crippen LogP contribution in [0.1, 0.15) is 52.1 Å². The third kappa shape index (κ3) is 6.74. The van der Waals surface area contributed by atoms with Crippen LogP contribution in [0.3, 0.4) is 0 Å². The van der Waals surface area contributed by atoms with Crippen molar-refractivity contribution < 1.29 is 14.3 Å². The van der Waals surface area contributed by atoms with E-state index in [-0.39, 0.29) is 23.2 Å². The number of aromatic nitrogens is 3. The average molecular weight is 469 g/mol. The third-order valence-corrected chi connectivity index (χ3v) is 6.07. The van der Waals surface area contributed by atoms with Crippen LogP contribution in [-0.2, 0) is 17.3 Å². The van der Waals surface area contributed by atoms with Crippen molar-refractivity contribution in [2.45, 2.75) is 51.3 Å². The van der Waals surface area contributed by atoms with Crippen LogP contribution in [0.4, 0.5) is 5.69 Å². The Morgan fingerprint density at radius 2 is 1.70 bits per heavy atom. The summed E-state index contributed by atoms with van der Waals surface area (Å²) in [5.41, 5.74) is 2.07. The van der Waals surface area contributed by atoms with Crippen LogP contribution < -0.4 is 14.8 Å². The number of anilines is 1. The van der Waals surface area contributed by atoms with Gasteiger partial charge in [0.2, 0.25) is 5.91 Å². The van der Waals surface area contributed by atoms with Gasteiger partial charge in [0.15, 0.2) is 17.1 Å². The predicted octanol–water partition coefficient (Wildman–Crippen LogP) is 5.38. The van der Waals surface area contributed by atoms with E-state index in [1.54, 1.807) is 0 Å². The molecule has 7 nitrogen and oxygen atoms in total. The van der Waals surface area contributed by atoms with Crippen LogP contribution >= 0.6 is 11.8 Å². The molecular weight excluding hydrogens is 436 g/mol. The van der Waals surface area contributed by atoms with Crippen molar-refractivity contribution >= 4 is 23.4 Å². The van der Waals surface area contributed by atoms with Gasteiger partial charge < -0.3 is 19.4 Å². The first kappa shape index (κ1) is 24.6. The highest BCUT2D eigenvalue weighted by atomic mass is 32.2. The molecule has 1 N–H and O–H groups in total. The fourth-order valence-corrected chi connectivity index (χ4v) is 3.94. The molecule has 1 aromatic heterocycles. The quantitative estimate of drug-likeness (QED) is 0.425. The topological polar surface area (TPSA) is 78.3 Å². The van der Waals surface area contributed by atoms with Gasteiger partial charge in [0.05, 0.1) is 12.4 Å². The summed E-state index contributed by atoms with van der Waals surface area (Å²) in [5.74, 6) is 2.37. The standard InChI is InChI=1S/C25H32N4O3S/c1-7-31-20-14-10-19(11-15-20)26-22(30)16-33-24-28-27-23(29(24)6)17(2)32-21-12-8-18(9-13-21)25(3,4)5/h8-15,17H,7,16H2,1-6H3,(H,26,30). The summed E-state index contributed by atoms with van der Waals surface area (Å²) in [4.78, 5) is 12.3. The normalized spacial score (nSPS) is 12.3. The minimum atomic E-state index is -0.282. The van der Waals surface area contributed by atoms with Gasteiger partial charge in [-0.05, 0) is 61.2 Å². The van der Waals surface area contributed by atoms with Gasteiger partial charge in [-0.15, -0.1) is 10.2 Å². The summed E-state index contributed by atoms with van der Waals surface area (Å²) in [6.07, 6.45) is -0.282. The molecule has 8 heteroatoms. The lowest BCUT2D eigenvalue weighted by atomic mass is 9.87. The number of hydrogen-bond acceptors (Lipinski definition) is 6. The number of ether oxygens (including phenoxy) is 2. The zero-order valence-electron chi connectivity index (χ0n) is 20.1. The van der Waals surface area contributed by atoms with Crippen LogP contribution in [0.25, 0.3) is 0 Å². The molecule has 176 valence electrons. The van der Waals surface area contributed by atoms with E-state index in [0.717, 1.165) is 17.2 Å². The molecule has 0 fully saturated rings. The predicted molar refractivity (Wildman–Crippen MR) is 132 cm³/mol. The Morgan fingerprint density at radius 1 is 1.06 bits per heavy atom. The number of hydrogen-bond donors (Lipinski definition) is 1. The molecule has 0 saturated heterocycles. The molecule has 33 heavy (non-hydrogen) atoms. The van der Waals surface area contributed by atoms with Crippen LogP contribution in [0.15, 0.2) is 53.7 Å². The molecule has 1 amide bonds. The zero-order chi connectivity index (χ0) is 24.0. The minimum absolute atomic E-state index is 0.0963. The van der Waals surface area contributed by atoms with Crippen LogP contribution in [0.5, 0.6) is 11.5 Å². The fraction of sp³-hybridized carbons (Fsp3) is 0.400. The van der Waals surface area contributed by atoms with E-state index >= 15 is 0 Å². The van der Waals surface area contributed by atoms with Gasteiger partial charge in [0.25, 0.3) is 0 Å². The second kappa shape index (κ2) is 10.7. The van der Waals surface area contributed by atoms with E-state index < -0.39 is 0 Å². The van der Waals surface area contributed by atoms with Crippen LogP contribution in [0, 0.1) is 0 Å². The zero-order valence-corrected chi connectivity index (χ0v) is 20.9. The first-order valence-corrected chi connectivity index (χ1v) is 12.0. The van der Waals surface area contributed by atoms with Gasteiger partial charge in [-0.2, -0.15) is 0 Å². The monoisotopic (exact) mass is 468 g/mol. The summed E-state index contributed by atoms with van der Waals surface area (Å²) in [7, 11) is 1.88. The van der Waals surface area contributed by atoms with Crippen LogP contribution in [0.2, 0.25) is 0 Å². The van der Waals surface area contributed by atoms with Crippen molar-refractivity contribution in [2.24, 2.45) is 7.05 Å². The smallest absolute Gasteiger partial charge is 0.234 e. The highest BCUT2D eigenvalue weighted by Crippen LogP contribution is 2.27. The summed E-state index contributed by atoms with van der Waals surface area (Å²) < 4.78 is 13.4.